The van der Waals surface area contributed by atoms with Crippen molar-refractivity contribution in [1.82, 2.24) is 9.78 Å². The summed E-state index contributed by atoms with van der Waals surface area (Å²) < 4.78 is 6.43. The number of hydrogen-bond acceptors (Lipinski definition) is 6. The summed E-state index contributed by atoms with van der Waals surface area (Å²) in [6, 6.07) is 6.95. The zero-order valence-corrected chi connectivity index (χ0v) is 15.9. The molecule has 2 amide bonds. The van der Waals surface area contributed by atoms with Gasteiger partial charge in [-0.15, -0.1) is 11.8 Å². The van der Waals surface area contributed by atoms with E-state index in [0.717, 1.165) is 4.68 Å². The summed E-state index contributed by atoms with van der Waals surface area (Å²) in [5, 5.41) is 6.79. The maximum atomic E-state index is 12.7. The average molecular weight is 388 g/mol. The van der Waals surface area contributed by atoms with Crippen LogP contribution in [0.2, 0.25) is 0 Å². The number of ether oxygens (including phenoxy) is 1. The van der Waals surface area contributed by atoms with Crippen LogP contribution >= 0.6 is 11.8 Å². The van der Waals surface area contributed by atoms with Crippen LogP contribution in [0.5, 0.6) is 5.75 Å². The molecule has 0 unspecified atom stereocenters. The van der Waals surface area contributed by atoms with Crippen LogP contribution in [-0.2, 0) is 16.1 Å². The van der Waals surface area contributed by atoms with Crippen LogP contribution < -0.4 is 20.5 Å². The molecule has 1 N–H and O–H groups in total. The summed E-state index contributed by atoms with van der Waals surface area (Å²) >= 11 is 1.29. The number of anilines is 2. The number of hydrogen-bond donors (Lipinski definition) is 1. The van der Waals surface area contributed by atoms with Crippen molar-refractivity contribution in [3.63, 3.8) is 0 Å². The molecule has 1 aromatic carbocycles. The molecule has 1 aromatic heterocycles. The van der Waals surface area contributed by atoms with E-state index in [1.54, 1.807) is 31.2 Å². The highest BCUT2D eigenvalue weighted by atomic mass is 32.2. The highest BCUT2D eigenvalue weighted by Gasteiger charge is 2.28. The highest BCUT2D eigenvalue weighted by molar-refractivity contribution is 8.00. The predicted octanol–water partition coefficient (Wildman–Crippen LogP) is 1.74. The molecule has 27 heavy (non-hydrogen) atoms. The van der Waals surface area contributed by atoms with Crippen LogP contribution in [0.25, 0.3) is 0 Å². The fourth-order valence-electron chi connectivity index (χ4n) is 2.74. The Morgan fingerprint density at radius 1 is 1.26 bits per heavy atom. The van der Waals surface area contributed by atoms with E-state index in [-0.39, 0.29) is 24.1 Å². The molecule has 0 spiro atoms. The maximum absolute atomic E-state index is 12.7. The van der Waals surface area contributed by atoms with E-state index >= 15 is 0 Å². The lowest BCUT2D eigenvalue weighted by Gasteiger charge is -2.26. The molecule has 0 fully saturated rings. The first-order valence-corrected chi connectivity index (χ1v) is 9.58. The lowest BCUT2D eigenvalue weighted by atomic mass is 10.3. The number of amides is 2. The normalized spacial score (nSPS) is 13.3. The summed E-state index contributed by atoms with van der Waals surface area (Å²) in [7, 11) is 0. The molecule has 0 radical (unpaired) electrons. The monoisotopic (exact) mass is 388 g/mol. The second kappa shape index (κ2) is 8.26. The summed E-state index contributed by atoms with van der Waals surface area (Å²) in [5.74, 6) is 0.490. The first-order chi connectivity index (χ1) is 13.0. The van der Waals surface area contributed by atoms with Crippen LogP contribution in [0.4, 0.5) is 11.4 Å². The van der Waals surface area contributed by atoms with Crippen molar-refractivity contribution in [2.45, 2.75) is 25.3 Å². The van der Waals surface area contributed by atoms with Crippen molar-refractivity contribution in [1.29, 1.82) is 0 Å². The number of nitrogens with zero attached hydrogens (tertiary/aromatic N) is 3. The number of benzene rings is 1. The molecule has 0 saturated heterocycles. The number of thioether (sulfide) groups is 1. The van der Waals surface area contributed by atoms with E-state index in [1.165, 1.54) is 22.9 Å². The Balaban J connectivity index is 1.76. The van der Waals surface area contributed by atoms with E-state index in [9.17, 15) is 14.4 Å². The quantitative estimate of drug-likeness (QED) is 0.810. The topological polar surface area (TPSA) is 93.5 Å². The number of carbonyl (C=O) groups excluding carboxylic acids is 2. The zero-order chi connectivity index (χ0) is 19.4. The van der Waals surface area contributed by atoms with Gasteiger partial charge in [-0.05, 0) is 38.1 Å². The van der Waals surface area contributed by atoms with Gasteiger partial charge >= 0.3 is 0 Å². The zero-order valence-electron chi connectivity index (χ0n) is 15.1. The fraction of sp³-hybridized carbons (Fsp3) is 0.333. The molecule has 0 aliphatic carbocycles. The molecule has 0 atom stereocenters. The number of fused-ring (bicyclic) bond motifs is 1. The third kappa shape index (κ3) is 4.13. The van der Waals surface area contributed by atoms with Crippen LogP contribution in [0.1, 0.15) is 13.8 Å². The molecule has 3 rings (SSSR count). The SMILES string of the molecule is CCOc1ccc(NC(=O)Cn2ncc3c(c2=O)N(CC)C(=O)CS3)cc1. The van der Waals surface area contributed by atoms with Gasteiger partial charge in [-0.2, -0.15) is 5.10 Å². The minimum absolute atomic E-state index is 0.122. The van der Waals surface area contributed by atoms with Gasteiger partial charge in [-0.1, -0.05) is 0 Å². The summed E-state index contributed by atoms with van der Waals surface area (Å²) in [5.41, 5.74) is 0.440. The van der Waals surface area contributed by atoms with Crippen molar-refractivity contribution >= 4 is 35.0 Å². The number of nitrogens with one attached hydrogen (secondary N) is 1. The Morgan fingerprint density at radius 3 is 2.67 bits per heavy atom. The molecule has 0 saturated carbocycles. The lowest BCUT2D eigenvalue weighted by molar-refractivity contribution is -0.117. The number of aromatic nitrogens is 2. The molecule has 9 heteroatoms. The number of rotatable bonds is 6. The van der Waals surface area contributed by atoms with Crippen LogP contribution in [0, 0.1) is 0 Å². The third-order valence-electron chi connectivity index (χ3n) is 3.97. The molecule has 8 nitrogen and oxygen atoms in total. The van der Waals surface area contributed by atoms with Gasteiger partial charge < -0.3 is 15.0 Å². The third-order valence-corrected chi connectivity index (χ3v) is 4.97. The van der Waals surface area contributed by atoms with Gasteiger partial charge in [-0.3, -0.25) is 14.4 Å². The standard InChI is InChI=1S/C18H20N4O4S/c1-3-21-16(24)11-27-14-9-19-22(18(25)17(14)21)10-15(23)20-12-5-7-13(8-6-12)26-4-2/h5-9H,3-4,10-11H2,1-2H3,(H,20,23). The predicted molar refractivity (Wildman–Crippen MR) is 103 cm³/mol. The van der Waals surface area contributed by atoms with Crippen LogP contribution in [-0.4, -0.2) is 40.5 Å². The van der Waals surface area contributed by atoms with Gasteiger partial charge in [0.1, 0.15) is 18.0 Å². The van der Waals surface area contributed by atoms with Gasteiger partial charge in [0.2, 0.25) is 11.8 Å². The molecular weight excluding hydrogens is 368 g/mol. The second-order valence-electron chi connectivity index (χ2n) is 5.75. The maximum Gasteiger partial charge on any atom is 0.292 e. The second-order valence-corrected chi connectivity index (χ2v) is 6.77. The average Bonchev–Trinajstić information content (AvgIpc) is 2.66. The van der Waals surface area contributed by atoms with Crippen molar-refractivity contribution in [3.05, 3.63) is 40.8 Å². The molecule has 1 aliphatic rings. The summed E-state index contributed by atoms with van der Waals surface area (Å²) in [6.07, 6.45) is 1.53. The Morgan fingerprint density at radius 2 is 2.00 bits per heavy atom. The van der Waals surface area contributed by atoms with E-state index in [2.05, 4.69) is 10.4 Å². The van der Waals surface area contributed by atoms with E-state index in [4.69, 9.17) is 4.74 Å². The number of carbonyl (C=O) groups is 2. The van der Waals surface area contributed by atoms with E-state index in [0.29, 0.717) is 35.2 Å². The van der Waals surface area contributed by atoms with Crippen molar-refractivity contribution in [2.24, 2.45) is 0 Å². The Kier molecular flexibility index (Phi) is 5.80. The summed E-state index contributed by atoms with van der Waals surface area (Å²) in [4.78, 5) is 39.2. The molecule has 0 bridgehead atoms. The molecule has 142 valence electrons. The molecule has 2 heterocycles. The fourth-order valence-corrected chi connectivity index (χ4v) is 3.64. The lowest BCUT2D eigenvalue weighted by Crippen LogP contribution is -2.42. The largest absolute Gasteiger partial charge is 0.494 e. The molecule has 1 aliphatic heterocycles. The first-order valence-electron chi connectivity index (χ1n) is 8.59. The Bertz CT molecular complexity index is 911. The first kappa shape index (κ1) is 19.0. The highest BCUT2D eigenvalue weighted by Crippen LogP contribution is 2.31. The minimum atomic E-state index is -0.447. The van der Waals surface area contributed by atoms with Crippen molar-refractivity contribution in [3.8, 4) is 5.75 Å². The minimum Gasteiger partial charge on any atom is -0.494 e. The van der Waals surface area contributed by atoms with Crippen molar-refractivity contribution in [2.75, 3.05) is 29.1 Å². The van der Waals surface area contributed by atoms with Crippen molar-refractivity contribution < 1.29 is 14.3 Å². The van der Waals surface area contributed by atoms with Gasteiger partial charge in [0.15, 0.2) is 0 Å². The van der Waals surface area contributed by atoms with Gasteiger partial charge in [-0.25, -0.2) is 4.68 Å². The van der Waals surface area contributed by atoms with Crippen LogP contribution in [0.3, 0.4) is 0 Å². The smallest absolute Gasteiger partial charge is 0.292 e. The summed E-state index contributed by atoms with van der Waals surface area (Å²) in [6.45, 7) is 4.42. The van der Waals surface area contributed by atoms with E-state index < -0.39 is 5.56 Å². The Hall–Kier alpha value is -2.81. The Labute approximate surface area is 160 Å². The molecule has 2 aromatic rings. The van der Waals surface area contributed by atoms with Gasteiger partial charge in [0.05, 0.1) is 23.5 Å². The van der Waals surface area contributed by atoms with E-state index in [1.807, 2.05) is 6.92 Å². The van der Waals surface area contributed by atoms with Crippen LogP contribution in [0.15, 0.2) is 40.2 Å². The van der Waals surface area contributed by atoms with Gasteiger partial charge in [0, 0.05) is 12.2 Å². The molecular formula is C18H20N4O4S. The van der Waals surface area contributed by atoms with Gasteiger partial charge in [0.25, 0.3) is 5.56 Å².